The van der Waals surface area contributed by atoms with Gasteiger partial charge < -0.3 is 0 Å². The van der Waals surface area contributed by atoms with E-state index in [1.165, 1.54) is 66.8 Å². The molecule has 0 radical (unpaired) electrons. The van der Waals surface area contributed by atoms with Crippen LogP contribution in [0.5, 0.6) is 0 Å². The quantitative estimate of drug-likeness (QED) is 0.201. The van der Waals surface area contributed by atoms with E-state index in [1.807, 2.05) is 0 Å². The van der Waals surface area contributed by atoms with Crippen molar-refractivity contribution in [2.24, 2.45) is 0 Å². The molecule has 0 nitrogen and oxygen atoms in total. The summed E-state index contributed by atoms with van der Waals surface area (Å²) >= 11 is 0. The number of rotatable bonds is 7. The predicted molar refractivity (Wildman–Crippen MR) is 173 cm³/mol. The molecular weight excluding hydrogens is 480 g/mol. The Hall–Kier alpha value is -4.42. The van der Waals surface area contributed by atoms with Gasteiger partial charge in [0.1, 0.15) is 0 Å². The summed E-state index contributed by atoms with van der Waals surface area (Å²) in [5.41, 5.74) is 15.0. The first-order chi connectivity index (χ1) is 19.4. The lowest BCUT2D eigenvalue weighted by Crippen LogP contribution is -1.99. The van der Waals surface area contributed by atoms with E-state index >= 15 is 0 Å². The Morgan fingerprint density at radius 3 is 0.825 bits per heavy atom. The lowest BCUT2D eigenvalue weighted by Gasteiger charge is -2.18. The van der Waals surface area contributed by atoms with Gasteiger partial charge in [-0.1, -0.05) is 161 Å². The summed E-state index contributed by atoms with van der Waals surface area (Å²) in [5, 5.41) is 0. The van der Waals surface area contributed by atoms with Crippen molar-refractivity contribution in [2.45, 2.75) is 40.5 Å². The van der Waals surface area contributed by atoms with Crippen LogP contribution in [0.3, 0.4) is 0 Å². The summed E-state index contributed by atoms with van der Waals surface area (Å²) in [6, 6.07) is 44.6. The summed E-state index contributed by atoms with van der Waals surface area (Å²) in [6.07, 6.45) is 4.89. The maximum atomic E-state index is 2.45. The first-order valence-electron chi connectivity index (χ1n) is 14.1. The van der Waals surface area contributed by atoms with Crippen LogP contribution < -0.4 is 0 Å². The van der Waals surface area contributed by atoms with E-state index in [1.54, 1.807) is 0 Å². The van der Waals surface area contributed by atoms with E-state index in [0.29, 0.717) is 0 Å². The molecule has 0 fully saturated rings. The van der Waals surface area contributed by atoms with Gasteiger partial charge in [0.05, 0.1) is 0 Å². The van der Waals surface area contributed by atoms with E-state index in [2.05, 4.69) is 168 Å². The first kappa shape index (κ1) is 27.2. The molecule has 0 heterocycles. The van der Waals surface area contributed by atoms with Crippen molar-refractivity contribution in [3.63, 3.8) is 0 Å². The lowest BCUT2D eigenvalue weighted by atomic mass is 9.86. The second kappa shape index (κ2) is 12.2. The van der Waals surface area contributed by atoms with Gasteiger partial charge in [-0.25, -0.2) is 0 Å². The highest BCUT2D eigenvalue weighted by atomic mass is 14.2. The van der Waals surface area contributed by atoms with E-state index in [4.69, 9.17) is 0 Å². The Morgan fingerprint density at radius 2 is 0.575 bits per heavy atom. The molecule has 0 aliphatic heterocycles. The topological polar surface area (TPSA) is 0 Å². The molecular formula is C40H38. The van der Waals surface area contributed by atoms with Crippen molar-refractivity contribution in [1.29, 1.82) is 0 Å². The van der Waals surface area contributed by atoms with E-state index < -0.39 is 0 Å². The summed E-state index contributed by atoms with van der Waals surface area (Å²) in [5.74, 6) is 0.0656. The molecule has 0 N–H and O–H groups in total. The summed E-state index contributed by atoms with van der Waals surface area (Å²) in [6.45, 7) is 10.7. The van der Waals surface area contributed by atoms with Crippen LogP contribution in [0.4, 0.5) is 0 Å². The summed E-state index contributed by atoms with van der Waals surface area (Å²) in [7, 11) is 0. The van der Waals surface area contributed by atoms with Crippen molar-refractivity contribution in [3.8, 4) is 0 Å². The Bertz CT molecular complexity index is 1410. The van der Waals surface area contributed by atoms with Gasteiger partial charge in [0.15, 0.2) is 0 Å². The highest BCUT2D eigenvalue weighted by molar-refractivity contribution is 5.84. The third-order valence-electron chi connectivity index (χ3n) is 7.60. The average Bonchev–Trinajstić information content (AvgIpc) is 2.96. The minimum Gasteiger partial charge on any atom is -0.0647 e. The third-order valence-corrected chi connectivity index (χ3v) is 7.60. The zero-order chi connectivity index (χ0) is 28.1. The van der Waals surface area contributed by atoms with Gasteiger partial charge in [-0.2, -0.15) is 0 Å². The third kappa shape index (κ3) is 6.58. The van der Waals surface area contributed by atoms with Gasteiger partial charge in [-0.05, 0) is 73.6 Å². The van der Waals surface area contributed by atoms with Crippen molar-refractivity contribution >= 4 is 11.1 Å². The van der Waals surface area contributed by atoms with Crippen LogP contribution in [-0.2, 0) is 0 Å². The number of aryl methyl sites for hydroxylation is 5. The molecule has 5 aromatic carbocycles. The van der Waals surface area contributed by atoms with E-state index in [9.17, 15) is 0 Å². The number of hydrogen-bond donors (Lipinski definition) is 0. The van der Waals surface area contributed by atoms with E-state index in [0.717, 1.165) is 0 Å². The second-order valence-electron chi connectivity index (χ2n) is 11.1. The zero-order valence-electron chi connectivity index (χ0n) is 24.3. The van der Waals surface area contributed by atoms with Crippen molar-refractivity contribution in [3.05, 3.63) is 189 Å². The molecule has 0 saturated carbocycles. The normalized spacial score (nSPS) is 10.8. The summed E-state index contributed by atoms with van der Waals surface area (Å²) in [4.78, 5) is 0. The van der Waals surface area contributed by atoms with Crippen LogP contribution in [0.25, 0.3) is 11.1 Å². The fourth-order valence-corrected chi connectivity index (χ4v) is 5.04. The maximum Gasteiger partial charge on any atom is 0.0217 e. The maximum absolute atomic E-state index is 2.45. The summed E-state index contributed by atoms with van der Waals surface area (Å²) < 4.78 is 0. The molecule has 0 amide bonds. The fourth-order valence-electron chi connectivity index (χ4n) is 5.04. The molecule has 0 spiro atoms. The van der Waals surface area contributed by atoms with Crippen molar-refractivity contribution in [1.82, 2.24) is 0 Å². The minimum absolute atomic E-state index is 0.0656. The van der Waals surface area contributed by atoms with Gasteiger partial charge in [0.2, 0.25) is 0 Å². The number of hydrogen-bond acceptors (Lipinski definition) is 0. The smallest absolute Gasteiger partial charge is 0.0217 e. The molecule has 0 heteroatoms. The molecule has 0 saturated heterocycles. The first-order valence-corrected chi connectivity index (χ1v) is 14.1. The van der Waals surface area contributed by atoms with Crippen molar-refractivity contribution in [2.75, 3.05) is 0 Å². The fraction of sp³-hybridized carbons (Fsp3) is 0.150. The van der Waals surface area contributed by atoms with Gasteiger partial charge in [-0.3, -0.25) is 0 Å². The van der Waals surface area contributed by atoms with Crippen LogP contribution in [0, 0.1) is 34.6 Å². The SMILES string of the molecule is Cc1ccc(C(=CC(C=C(c2ccc(C)cc2)c2ccc(C)cc2)c2ccc(C)cc2)c2ccc(C)cc2)cc1. The molecule has 0 aromatic heterocycles. The molecule has 5 rings (SSSR count). The lowest BCUT2D eigenvalue weighted by molar-refractivity contribution is 1.08. The van der Waals surface area contributed by atoms with Gasteiger partial charge in [-0.15, -0.1) is 0 Å². The standard InChI is InChI=1S/C40H38/c1-28-6-16-33(17-7-28)38(26-39(34-18-8-29(2)9-19-34)35-20-10-30(3)11-21-35)27-40(36-22-12-31(4)13-23-36)37-24-14-32(5)15-25-37/h6-27,38H,1-5H3. The molecule has 5 aromatic rings. The van der Waals surface area contributed by atoms with Crippen LogP contribution in [0.2, 0.25) is 0 Å². The number of allylic oxidation sites excluding steroid dienone is 2. The Kier molecular flexibility index (Phi) is 8.27. The molecule has 0 aliphatic carbocycles. The average molecular weight is 519 g/mol. The van der Waals surface area contributed by atoms with E-state index in [-0.39, 0.29) is 5.92 Å². The van der Waals surface area contributed by atoms with Crippen LogP contribution in [0.1, 0.15) is 61.6 Å². The monoisotopic (exact) mass is 518 g/mol. The Balaban J connectivity index is 1.75. The Labute approximate surface area is 240 Å². The minimum atomic E-state index is 0.0656. The molecule has 198 valence electrons. The molecule has 0 atom stereocenters. The molecule has 0 aliphatic rings. The predicted octanol–water partition coefficient (Wildman–Crippen LogP) is 10.6. The van der Waals surface area contributed by atoms with Gasteiger partial charge in [0, 0.05) is 5.92 Å². The van der Waals surface area contributed by atoms with Gasteiger partial charge in [0.25, 0.3) is 0 Å². The zero-order valence-corrected chi connectivity index (χ0v) is 24.3. The molecule has 0 unspecified atom stereocenters. The van der Waals surface area contributed by atoms with Crippen LogP contribution in [0.15, 0.2) is 133 Å². The van der Waals surface area contributed by atoms with Crippen molar-refractivity contribution < 1.29 is 0 Å². The largest absolute Gasteiger partial charge is 0.0647 e. The molecule has 0 bridgehead atoms. The highest BCUT2D eigenvalue weighted by Crippen LogP contribution is 2.34. The highest BCUT2D eigenvalue weighted by Gasteiger charge is 2.15. The van der Waals surface area contributed by atoms with Gasteiger partial charge >= 0.3 is 0 Å². The second-order valence-corrected chi connectivity index (χ2v) is 11.1. The molecule has 40 heavy (non-hydrogen) atoms. The number of benzene rings is 5. The van der Waals surface area contributed by atoms with Crippen LogP contribution in [-0.4, -0.2) is 0 Å². The Morgan fingerprint density at radius 1 is 0.350 bits per heavy atom. The van der Waals surface area contributed by atoms with Crippen LogP contribution >= 0.6 is 0 Å².